The van der Waals surface area contributed by atoms with Crippen molar-refractivity contribution in [2.24, 2.45) is 34.4 Å². The van der Waals surface area contributed by atoms with Crippen LogP contribution in [0.2, 0.25) is 5.02 Å². The van der Waals surface area contributed by atoms with E-state index < -0.39 is 0 Å². The Hall–Kier alpha value is -2.38. The Kier molecular flexibility index (Phi) is 11.6. The van der Waals surface area contributed by atoms with Gasteiger partial charge in [0, 0.05) is 42.5 Å². The number of allylic oxidation sites excluding steroid dienone is 1. The zero-order chi connectivity index (χ0) is 29.6. The number of likely N-dealkylation sites (tertiary alicyclic amines) is 1. The summed E-state index contributed by atoms with van der Waals surface area (Å²) < 4.78 is 0. The van der Waals surface area contributed by atoms with E-state index in [1.165, 1.54) is 11.1 Å². The molecule has 4 rings (SSSR count). The van der Waals surface area contributed by atoms with Crippen LogP contribution in [0.3, 0.4) is 0 Å². The number of nitrogens with zero attached hydrogens (tertiary/aromatic N) is 3. The van der Waals surface area contributed by atoms with E-state index in [0.717, 1.165) is 55.1 Å². The first-order valence-corrected chi connectivity index (χ1v) is 15.3. The molecule has 1 aromatic carbocycles. The van der Waals surface area contributed by atoms with E-state index >= 15 is 0 Å². The third-order valence-corrected chi connectivity index (χ3v) is 8.90. The van der Waals surface area contributed by atoms with Crippen molar-refractivity contribution in [2.75, 3.05) is 32.7 Å². The van der Waals surface area contributed by atoms with E-state index in [0.29, 0.717) is 43.0 Å². The summed E-state index contributed by atoms with van der Waals surface area (Å²) in [6.45, 7) is 15.2. The van der Waals surface area contributed by atoms with Crippen molar-refractivity contribution in [3.8, 4) is 0 Å². The highest BCUT2D eigenvalue weighted by molar-refractivity contribution is 6.31. The number of aryl methyl sites for hydroxylation is 1. The molecule has 7 nitrogen and oxygen atoms in total. The van der Waals surface area contributed by atoms with Crippen LogP contribution in [0.4, 0.5) is 0 Å². The molecular weight excluding hydrogens is 524 g/mol. The Labute approximate surface area is 245 Å². The van der Waals surface area contributed by atoms with E-state index in [1.807, 2.05) is 30.9 Å². The van der Waals surface area contributed by atoms with Crippen molar-refractivity contribution in [2.45, 2.75) is 79.8 Å². The van der Waals surface area contributed by atoms with Gasteiger partial charge in [-0.05, 0) is 86.8 Å². The fourth-order valence-corrected chi connectivity index (χ4v) is 5.75. The van der Waals surface area contributed by atoms with Gasteiger partial charge in [0.2, 0.25) is 5.91 Å². The number of amides is 2. The molecule has 1 aromatic rings. The second kappa shape index (κ2) is 14.5. The van der Waals surface area contributed by atoms with E-state index in [1.54, 1.807) is 4.90 Å². The van der Waals surface area contributed by atoms with Gasteiger partial charge >= 0.3 is 0 Å². The summed E-state index contributed by atoms with van der Waals surface area (Å²) in [5.41, 5.74) is 10.8. The molecule has 0 bridgehead atoms. The van der Waals surface area contributed by atoms with Crippen molar-refractivity contribution >= 4 is 29.1 Å². The quantitative estimate of drug-likeness (QED) is 0.421. The summed E-state index contributed by atoms with van der Waals surface area (Å²) in [4.78, 5) is 34.2. The number of aliphatic hydroxyl groups excluding tert-OH is 1. The number of aliphatic hydroxyl groups is 1. The zero-order valence-corrected chi connectivity index (χ0v) is 26.0. The smallest absolute Gasteiger partial charge is 0.270 e. The van der Waals surface area contributed by atoms with E-state index in [9.17, 15) is 14.7 Å². The van der Waals surface area contributed by atoms with Crippen LogP contribution in [-0.2, 0) is 9.59 Å². The number of carbonyl (C=O) groups excluding carboxylic acids is 2. The maximum atomic E-state index is 13.1. The lowest BCUT2D eigenvalue weighted by Gasteiger charge is -2.34. The van der Waals surface area contributed by atoms with Gasteiger partial charge in [0.25, 0.3) is 5.91 Å². The molecule has 1 saturated heterocycles. The van der Waals surface area contributed by atoms with E-state index in [2.05, 4.69) is 38.8 Å². The summed E-state index contributed by atoms with van der Waals surface area (Å²) in [5, 5.41) is 10.8. The maximum absolute atomic E-state index is 13.1. The molecule has 8 heteroatoms. The lowest BCUT2D eigenvalue weighted by atomic mass is 9.96. The molecule has 3 N–H and O–H groups in total. The van der Waals surface area contributed by atoms with Gasteiger partial charge in [-0.3, -0.25) is 14.6 Å². The van der Waals surface area contributed by atoms with Crippen LogP contribution in [0.15, 0.2) is 34.5 Å². The molecule has 4 unspecified atom stereocenters. The molecule has 2 saturated carbocycles. The zero-order valence-electron chi connectivity index (χ0n) is 25.3. The number of piperidine rings is 1. The molecule has 0 aromatic heterocycles. The second-order valence-corrected chi connectivity index (χ2v) is 12.6. The molecule has 0 radical (unpaired) electrons. The highest BCUT2D eigenvalue weighted by Crippen LogP contribution is 2.54. The minimum absolute atomic E-state index is 0.0499. The first kappa shape index (κ1) is 32.1. The fraction of sp³-hybridized carbons (Fsp3) is 0.656. The Morgan fingerprint density at radius 3 is 2.58 bits per heavy atom. The van der Waals surface area contributed by atoms with Gasteiger partial charge in [0.15, 0.2) is 0 Å². The molecule has 1 heterocycles. The summed E-state index contributed by atoms with van der Waals surface area (Å²) in [6.07, 6.45) is 4.02. The van der Waals surface area contributed by atoms with Crippen LogP contribution in [-0.4, -0.2) is 71.3 Å². The van der Waals surface area contributed by atoms with Crippen LogP contribution in [0.1, 0.15) is 70.9 Å². The minimum Gasteiger partial charge on any atom is -0.394 e. The Balaban J connectivity index is 0.000000415. The molecule has 40 heavy (non-hydrogen) atoms. The largest absolute Gasteiger partial charge is 0.394 e. The summed E-state index contributed by atoms with van der Waals surface area (Å²) in [5.74, 6) is 1.35. The lowest BCUT2D eigenvalue weighted by Crippen LogP contribution is -2.46. The lowest BCUT2D eigenvalue weighted by molar-refractivity contribution is -0.131. The highest BCUT2D eigenvalue weighted by atomic mass is 35.5. The first-order chi connectivity index (χ1) is 18.9. The number of rotatable bonds is 8. The number of halogens is 1. The van der Waals surface area contributed by atoms with Gasteiger partial charge in [-0.15, -0.1) is 0 Å². The van der Waals surface area contributed by atoms with Crippen molar-refractivity contribution in [1.82, 2.24) is 9.80 Å². The Morgan fingerprint density at radius 2 is 1.98 bits per heavy atom. The van der Waals surface area contributed by atoms with Crippen molar-refractivity contribution in [3.63, 3.8) is 0 Å². The van der Waals surface area contributed by atoms with E-state index in [-0.39, 0.29) is 30.4 Å². The van der Waals surface area contributed by atoms with Gasteiger partial charge in [-0.1, -0.05) is 51.4 Å². The number of hydrogen-bond donors (Lipinski definition) is 2. The van der Waals surface area contributed by atoms with Crippen molar-refractivity contribution in [3.05, 3.63) is 45.6 Å². The molecule has 4 atom stereocenters. The average Bonchev–Trinajstić information content (AvgIpc) is 3.58. The number of aliphatic imine (C=N–C) groups is 1. The van der Waals surface area contributed by atoms with Crippen LogP contribution in [0, 0.1) is 37.5 Å². The number of fused-ring (bicyclic) bond motifs is 1. The van der Waals surface area contributed by atoms with Gasteiger partial charge in [-0.2, -0.15) is 0 Å². The highest BCUT2D eigenvalue weighted by Gasteiger charge is 2.50. The minimum atomic E-state index is -0.359. The van der Waals surface area contributed by atoms with Gasteiger partial charge in [-0.25, -0.2) is 0 Å². The average molecular weight is 573 g/mol. The fourth-order valence-electron chi connectivity index (χ4n) is 5.53. The topological polar surface area (TPSA) is 99.2 Å². The number of carbonyl (C=O) groups is 2. The summed E-state index contributed by atoms with van der Waals surface area (Å²) in [6, 6.07) is 5.93. The third kappa shape index (κ3) is 8.32. The monoisotopic (exact) mass is 572 g/mol. The van der Waals surface area contributed by atoms with E-state index in [4.69, 9.17) is 17.3 Å². The number of hydrogen-bond acceptors (Lipinski definition) is 5. The molecule has 1 aliphatic heterocycles. The van der Waals surface area contributed by atoms with Crippen molar-refractivity contribution in [1.29, 1.82) is 0 Å². The molecule has 2 aliphatic carbocycles. The Bertz CT molecular complexity index is 1100. The van der Waals surface area contributed by atoms with Crippen LogP contribution >= 0.6 is 11.6 Å². The molecule has 3 fully saturated rings. The molecule has 222 valence electrons. The maximum Gasteiger partial charge on any atom is 0.270 e. The third-order valence-electron chi connectivity index (χ3n) is 8.49. The molecule has 0 spiro atoms. The second-order valence-electron chi connectivity index (χ2n) is 12.2. The normalized spacial score (nSPS) is 25.8. The van der Waals surface area contributed by atoms with Gasteiger partial charge < -0.3 is 20.6 Å². The number of nitrogens with two attached hydrogens (primary N) is 1. The van der Waals surface area contributed by atoms with Crippen molar-refractivity contribution < 1.29 is 14.7 Å². The van der Waals surface area contributed by atoms with Crippen LogP contribution in [0.25, 0.3) is 0 Å². The molecule has 3 aliphatic rings. The van der Waals surface area contributed by atoms with Crippen LogP contribution in [0.5, 0.6) is 0 Å². The van der Waals surface area contributed by atoms with Crippen LogP contribution < -0.4 is 5.73 Å². The molecule has 2 amide bonds. The SMILES string of the molecule is CCCN(CCC(C)C)C(=O)CN=C1CC2CC2/C1=C(/N)C(=O)N1CCC(O)C(C)C1.Cc1cccc(Cl)c1C. The summed E-state index contributed by atoms with van der Waals surface area (Å²) in [7, 11) is 0. The van der Waals surface area contributed by atoms with Gasteiger partial charge in [0.1, 0.15) is 12.2 Å². The summed E-state index contributed by atoms with van der Waals surface area (Å²) >= 11 is 5.81. The molecular formula is C32H49ClN4O3. The standard InChI is InChI=1S/C24H40N4O3.C8H9Cl/c1-5-8-27(9-6-15(2)3)21(30)13-26-19-12-17-11-18(17)22(19)23(25)24(31)28-10-7-20(29)16(4)14-28;1-6-4-3-5-8(9)7(6)2/h15-18,20,29H,5-14,25H2,1-4H3;3-5H,1-2H3/b23-22-,26-19?;. The predicted octanol–water partition coefficient (Wildman–Crippen LogP) is 5.15. The Morgan fingerprint density at radius 1 is 1.25 bits per heavy atom. The first-order valence-electron chi connectivity index (χ1n) is 14.9. The van der Waals surface area contributed by atoms with Gasteiger partial charge in [0.05, 0.1) is 6.10 Å². The number of benzene rings is 1. The predicted molar refractivity (Wildman–Crippen MR) is 163 cm³/mol.